The molecule has 2 fully saturated rings. The summed E-state index contributed by atoms with van der Waals surface area (Å²) in [6.07, 6.45) is 2.62. The average molecular weight is 358 g/mol. The minimum atomic E-state index is 0. The van der Waals surface area contributed by atoms with Crippen LogP contribution in [0.2, 0.25) is 5.02 Å². The van der Waals surface area contributed by atoms with E-state index in [0.717, 1.165) is 45.2 Å². The van der Waals surface area contributed by atoms with Crippen molar-refractivity contribution in [1.29, 1.82) is 0 Å². The molecule has 0 bridgehead atoms. The van der Waals surface area contributed by atoms with Crippen molar-refractivity contribution in [3.05, 3.63) is 34.9 Å². The Morgan fingerprint density at radius 2 is 2.04 bits per heavy atom. The Bertz CT molecular complexity index is 512. The number of piperidine rings is 1. The van der Waals surface area contributed by atoms with Crippen molar-refractivity contribution in [2.45, 2.75) is 12.8 Å². The molecule has 2 aliphatic rings. The molecule has 0 radical (unpaired) electrons. The molecule has 1 N–H and O–H groups in total. The summed E-state index contributed by atoms with van der Waals surface area (Å²) in [7, 11) is 0. The lowest BCUT2D eigenvalue weighted by atomic mass is 9.99. The molecule has 0 saturated carbocycles. The van der Waals surface area contributed by atoms with Gasteiger partial charge in [-0.2, -0.15) is 0 Å². The van der Waals surface area contributed by atoms with Crippen LogP contribution in [0.4, 0.5) is 0 Å². The predicted molar refractivity (Wildman–Crippen MR) is 96.6 cm³/mol. The van der Waals surface area contributed by atoms with E-state index < -0.39 is 0 Å². The predicted octanol–water partition coefficient (Wildman–Crippen LogP) is 2.52. The van der Waals surface area contributed by atoms with Gasteiger partial charge in [-0.3, -0.25) is 9.69 Å². The van der Waals surface area contributed by atoms with Gasteiger partial charge in [-0.15, -0.1) is 12.4 Å². The number of nitrogens with zero attached hydrogens (tertiary/aromatic N) is 2. The molecule has 1 aromatic carbocycles. The maximum absolute atomic E-state index is 12.5. The number of carbonyl (C=O) groups is 1. The van der Waals surface area contributed by atoms with E-state index >= 15 is 0 Å². The Morgan fingerprint density at radius 3 is 2.70 bits per heavy atom. The Hall–Kier alpha value is -0.810. The quantitative estimate of drug-likeness (QED) is 0.902. The van der Waals surface area contributed by atoms with Gasteiger partial charge in [0, 0.05) is 43.3 Å². The molecule has 23 heavy (non-hydrogen) atoms. The number of benzene rings is 1. The number of hydrogen-bond acceptors (Lipinski definition) is 3. The molecular formula is C17H25Cl2N3O. The highest BCUT2D eigenvalue weighted by atomic mass is 35.5. The van der Waals surface area contributed by atoms with Crippen molar-refractivity contribution in [3.63, 3.8) is 0 Å². The van der Waals surface area contributed by atoms with Gasteiger partial charge in [-0.25, -0.2) is 0 Å². The molecule has 4 nitrogen and oxygen atoms in total. The first kappa shape index (κ1) is 18.5. The van der Waals surface area contributed by atoms with Crippen LogP contribution in [-0.2, 0) is 0 Å². The third-order valence-corrected chi connectivity index (χ3v) is 4.88. The molecule has 3 rings (SSSR count). The number of halogens is 2. The van der Waals surface area contributed by atoms with E-state index in [9.17, 15) is 4.79 Å². The van der Waals surface area contributed by atoms with Gasteiger partial charge in [0.15, 0.2) is 0 Å². The van der Waals surface area contributed by atoms with Gasteiger partial charge in [0.2, 0.25) is 0 Å². The van der Waals surface area contributed by atoms with E-state index in [1.54, 1.807) is 12.1 Å². The average Bonchev–Trinajstić information content (AvgIpc) is 2.56. The molecule has 128 valence electrons. The third kappa shape index (κ3) is 5.08. The highest BCUT2D eigenvalue weighted by molar-refractivity contribution is 6.30. The first-order valence-electron chi connectivity index (χ1n) is 8.20. The van der Waals surface area contributed by atoms with E-state index in [0.29, 0.717) is 10.6 Å². The molecular weight excluding hydrogens is 333 g/mol. The van der Waals surface area contributed by atoms with Crippen LogP contribution in [0.5, 0.6) is 0 Å². The van der Waals surface area contributed by atoms with Gasteiger partial charge in [-0.05, 0) is 50.0 Å². The van der Waals surface area contributed by atoms with Crippen LogP contribution < -0.4 is 5.32 Å². The number of piperazine rings is 1. The van der Waals surface area contributed by atoms with Crippen LogP contribution in [0, 0.1) is 5.92 Å². The van der Waals surface area contributed by atoms with Gasteiger partial charge in [0.25, 0.3) is 5.91 Å². The lowest BCUT2D eigenvalue weighted by Gasteiger charge is -2.37. The molecule has 2 heterocycles. The molecule has 6 heteroatoms. The molecule has 1 aromatic rings. The van der Waals surface area contributed by atoms with E-state index in [1.807, 2.05) is 17.0 Å². The van der Waals surface area contributed by atoms with Crippen LogP contribution >= 0.6 is 24.0 Å². The Labute approximate surface area is 149 Å². The summed E-state index contributed by atoms with van der Waals surface area (Å²) >= 11 is 5.97. The fourth-order valence-electron chi connectivity index (χ4n) is 3.38. The normalized spacial score (nSPS) is 22.5. The zero-order chi connectivity index (χ0) is 15.4. The van der Waals surface area contributed by atoms with E-state index in [2.05, 4.69) is 10.2 Å². The number of hydrogen-bond donors (Lipinski definition) is 1. The first-order chi connectivity index (χ1) is 10.7. The Morgan fingerprint density at radius 1 is 1.26 bits per heavy atom. The number of nitrogens with one attached hydrogen (secondary N) is 1. The molecule has 1 amide bonds. The SMILES string of the molecule is Cl.O=C(c1cccc(Cl)c1)N1CCN(CC2CCCNC2)CC1. The van der Waals surface area contributed by atoms with Gasteiger partial charge >= 0.3 is 0 Å². The van der Waals surface area contributed by atoms with Crippen LogP contribution in [0.1, 0.15) is 23.2 Å². The maximum Gasteiger partial charge on any atom is 0.253 e. The van der Waals surface area contributed by atoms with E-state index in [4.69, 9.17) is 11.6 Å². The minimum absolute atomic E-state index is 0. The highest BCUT2D eigenvalue weighted by Crippen LogP contribution is 2.16. The molecule has 1 atom stereocenters. The van der Waals surface area contributed by atoms with Gasteiger partial charge in [0.05, 0.1) is 0 Å². The topological polar surface area (TPSA) is 35.6 Å². The first-order valence-corrected chi connectivity index (χ1v) is 8.58. The van der Waals surface area contributed by atoms with Gasteiger partial charge < -0.3 is 10.2 Å². The van der Waals surface area contributed by atoms with Crippen LogP contribution in [-0.4, -0.2) is 61.5 Å². The van der Waals surface area contributed by atoms with E-state index in [1.165, 1.54) is 19.4 Å². The zero-order valence-electron chi connectivity index (χ0n) is 13.3. The second-order valence-electron chi connectivity index (χ2n) is 6.32. The molecule has 1 unspecified atom stereocenters. The summed E-state index contributed by atoms with van der Waals surface area (Å²) < 4.78 is 0. The van der Waals surface area contributed by atoms with Crippen molar-refractivity contribution in [2.75, 3.05) is 45.8 Å². The molecule has 2 saturated heterocycles. The fourth-order valence-corrected chi connectivity index (χ4v) is 3.57. The standard InChI is InChI=1S/C17H24ClN3O.ClH/c18-16-5-1-4-15(11-16)17(22)21-9-7-20(8-10-21)13-14-3-2-6-19-12-14;/h1,4-5,11,14,19H,2-3,6-10,12-13H2;1H. The Balaban J connectivity index is 0.00000192. The van der Waals surface area contributed by atoms with Crippen LogP contribution in [0.3, 0.4) is 0 Å². The van der Waals surface area contributed by atoms with E-state index in [-0.39, 0.29) is 18.3 Å². The van der Waals surface area contributed by atoms with Crippen molar-refractivity contribution in [3.8, 4) is 0 Å². The Kier molecular flexibility index (Phi) is 7.15. The number of carbonyl (C=O) groups excluding carboxylic acids is 1. The van der Waals surface area contributed by atoms with Crippen molar-refractivity contribution < 1.29 is 4.79 Å². The number of rotatable bonds is 3. The van der Waals surface area contributed by atoms with Gasteiger partial charge in [-0.1, -0.05) is 17.7 Å². The zero-order valence-corrected chi connectivity index (χ0v) is 14.9. The summed E-state index contributed by atoms with van der Waals surface area (Å²) in [5.74, 6) is 0.866. The maximum atomic E-state index is 12.5. The van der Waals surface area contributed by atoms with Crippen LogP contribution in [0.15, 0.2) is 24.3 Å². The van der Waals surface area contributed by atoms with Crippen LogP contribution in [0.25, 0.3) is 0 Å². The monoisotopic (exact) mass is 357 g/mol. The summed E-state index contributed by atoms with van der Waals surface area (Å²) in [5, 5.41) is 4.09. The fraction of sp³-hybridized carbons (Fsp3) is 0.588. The molecule has 0 aliphatic carbocycles. The lowest BCUT2D eigenvalue weighted by molar-refractivity contribution is 0.0610. The molecule has 0 aromatic heterocycles. The van der Waals surface area contributed by atoms with Gasteiger partial charge in [0.1, 0.15) is 0 Å². The van der Waals surface area contributed by atoms with Crippen molar-refractivity contribution in [1.82, 2.24) is 15.1 Å². The highest BCUT2D eigenvalue weighted by Gasteiger charge is 2.24. The second kappa shape index (κ2) is 8.88. The summed E-state index contributed by atoms with van der Waals surface area (Å²) in [6, 6.07) is 7.23. The summed E-state index contributed by atoms with van der Waals surface area (Å²) in [6.45, 7) is 7.04. The van der Waals surface area contributed by atoms with Crippen molar-refractivity contribution in [2.24, 2.45) is 5.92 Å². The lowest BCUT2D eigenvalue weighted by Crippen LogP contribution is -2.50. The summed E-state index contributed by atoms with van der Waals surface area (Å²) in [5.41, 5.74) is 0.692. The molecule has 0 spiro atoms. The third-order valence-electron chi connectivity index (χ3n) is 4.65. The summed E-state index contributed by atoms with van der Waals surface area (Å²) in [4.78, 5) is 16.9. The smallest absolute Gasteiger partial charge is 0.253 e. The largest absolute Gasteiger partial charge is 0.336 e. The van der Waals surface area contributed by atoms with Crippen molar-refractivity contribution >= 4 is 29.9 Å². The minimum Gasteiger partial charge on any atom is -0.336 e. The molecule has 2 aliphatic heterocycles. The number of amides is 1. The second-order valence-corrected chi connectivity index (χ2v) is 6.75.